The highest BCUT2D eigenvalue weighted by Gasteiger charge is 2.28. The summed E-state index contributed by atoms with van der Waals surface area (Å²) in [5, 5.41) is 9.24. The Labute approximate surface area is 130 Å². The third-order valence-electron chi connectivity index (χ3n) is 3.40. The number of imide groups is 1. The molecule has 0 saturated carbocycles. The SMILES string of the molecule is C=C1C=CC(=O)N1c1cc(C(=O)O)cc(N2C(=O)C=CC2=O)c1. The molecular formula is C16H10N2O5. The number of hydrogen-bond acceptors (Lipinski definition) is 4. The van der Waals surface area contributed by atoms with Gasteiger partial charge >= 0.3 is 5.97 Å². The number of amides is 3. The maximum atomic E-state index is 11.9. The second-order valence-electron chi connectivity index (χ2n) is 4.89. The summed E-state index contributed by atoms with van der Waals surface area (Å²) in [7, 11) is 0. The summed E-state index contributed by atoms with van der Waals surface area (Å²) < 4.78 is 0. The minimum Gasteiger partial charge on any atom is -0.478 e. The average molecular weight is 310 g/mol. The van der Waals surface area contributed by atoms with Crippen LogP contribution in [-0.2, 0) is 14.4 Å². The first kappa shape index (κ1) is 14.5. The molecule has 0 bridgehead atoms. The largest absolute Gasteiger partial charge is 0.478 e. The van der Waals surface area contributed by atoms with Crippen molar-refractivity contribution in [3.8, 4) is 0 Å². The molecule has 0 aromatic heterocycles. The van der Waals surface area contributed by atoms with Crippen LogP contribution in [0.5, 0.6) is 0 Å². The molecule has 7 heteroatoms. The van der Waals surface area contributed by atoms with Crippen LogP contribution in [-0.4, -0.2) is 28.8 Å². The van der Waals surface area contributed by atoms with Crippen LogP contribution in [0.1, 0.15) is 10.4 Å². The number of carboxylic acids is 1. The first-order chi connectivity index (χ1) is 10.9. The van der Waals surface area contributed by atoms with Gasteiger partial charge in [-0.15, -0.1) is 0 Å². The topological polar surface area (TPSA) is 95.0 Å². The van der Waals surface area contributed by atoms with Crippen molar-refractivity contribution < 1.29 is 24.3 Å². The van der Waals surface area contributed by atoms with Crippen molar-refractivity contribution >= 4 is 35.1 Å². The average Bonchev–Trinajstić information content (AvgIpc) is 3.01. The predicted molar refractivity (Wildman–Crippen MR) is 80.8 cm³/mol. The van der Waals surface area contributed by atoms with Gasteiger partial charge in [0.2, 0.25) is 0 Å². The molecule has 0 fully saturated rings. The number of allylic oxidation sites excluding steroid dienone is 1. The molecule has 2 heterocycles. The minimum absolute atomic E-state index is 0.0763. The van der Waals surface area contributed by atoms with E-state index in [-0.39, 0.29) is 22.8 Å². The van der Waals surface area contributed by atoms with Crippen molar-refractivity contribution in [2.45, 2.75) is 0 Å². The van der Waals surface area contributed by atoms with Gasteiger partial charge in [0.1, 0.15) is 0 Å². The van der Waals surface area contributed by atoms with E-state index in [2.05, 4.69) is 6.58 Å². The van der Waals surface area contributed by atoms with Gasteiger partial charge in [-0.1, -0.05) is 6.58 Å². The molecule has 3 rings (SSSR count). The van der Waals surface area contributed by atoms with Crippen LogP contribution in [0.4, 0.5) is 11.4 Å². The molecule has 0 saturated heterocycles. The van der Waals surface area contributed by atoms with Crippen LogP contribution >= 0.6 is 0 Å². The molecule has 3 amide bonds. The number of hydrogen-bond donors (Lipinski definition) is 1. The van der Waals surface area contributed by atoms with Crippen molar-refractivity contribution in [1.29, 1.82) is 0 Å². The minimum atomic E-state index is -1.25. The van der Waals surface area contributed by atoms with Gasteiger partial charge in [0.05, 0.1) is 16.9 Å². The molecule has 23 heavy (non-hydrogen) atoms. The maximum Gasteiger partial charge on any atom is 0.335 e. The second-order valence-corrected chi connectivity index (χ2v) is 4.89. The number of carbonyl (C=O) groups is 4. The van der Waals surface area contributed by atoms with Crippen molar-refractivity contribution in [2.75, 3.05) is 9.80 Å². The van der Waals surface area contributed by atoms with Crippen LogP contribution < -0.4 is 9.80 Å². The quantitative estimate of drug-likeness (QED) is 0.847. The molecule has 0 atom stereocenters. The fourth-order valence-corrected chi connectivity index (χ4v) is 2.38. The number of rotatable bonds is 3. The van der Waals surface area contributed by atoms with Crippen LogP contribution in [0.15, 0.2) is 54.8 Å². The summed E-state index contributed by atoms with van der Waals surface area (Å²) in [6, 6.07) is 3.87. The van der Waals surface area contributed by atoms with Gasteiger partial charge in [-0.2, -0.15) is 0 Å². The summed E-state index contributed by atoms with van der Waals surface area (Å²) in [6.45, 7) is 3.71. The van der Waals surface area contributed by atoms with Crippen LogP contribution in [0.2, 0.25) is 0 Å². The monoisotopic (exact) mass is 310 g/mol. The highest BCUT2D eigenvalue weighted by molar-refractivity contribution is 6.28. The molecule has 0 radical (unpaired) electrons. The van der Waals surface area contributed by atoms with E-state index < -0.39 is 17.8 Å². The second kappa shape index (κ2) is 5.06. The predicted octanol–water partition coefficient (Wildman–Crippen LogP) is 1.23. The lowest BCUT2D eigenvalue weighted by Crippen LogP contribution is -2.30. The van der Waals surface area contributed by atoms with Crippen LogP contribution in [0.3, 0.4) is 0 Å². The Hall–Kier alpha value is -3.48. The molecule has 0 unspecified atom stereocenters. The number of anilines is 2. The molecule has 1 aromatic rings. The first-order valence-electron chi connectivity index (χ1n) is 6.54. The number of carboxylic acid groups (broad SMARTS) is 1. The molecule has 2 aliphatic rings. The maximum absolute atomic E-state index is 11.9. The van der Waals surface area contributed by atoms with Crippen LogP contribution in [0, 0.1) is 0 Å². The van der Waals surface area contributed by atoms with E-state index in [9.17, 15) is 24.3 Å². The summed E-state index contributed by atoms with van der Waals surface area (Å²) in [4.78, 5) is 48.8. The normalized spacial score (nSPS) is 16.9. The highest BCUT2D eigenvalue weighted by atomic mass is 16.4. The molecule has 7 nitrogen and oxygen atoms in total. The lowest BCUT2D eigenvalue weighted by molar-refractivity contribution is -0.120. The third-order valence-corrected chi connectivity index (χ3v) is 3.40. The zero-order valence-corrected chi connectivity index (χ0v) is 11.7. The van der Waals surface area contributed by atoms with Crippen molar-refractivity contribution in [3.63, 3.8) is 0 Å². The van der Waals surface area contributed by atoms with Gasteiger partial charge in [-0.3, -0.25) is 19.3 Å². The lowest BCUT2D eigenvalue weighted by Gasteiger charge is -2.21. The van der Waals surface area contributed by atoms with E-state index in [0.717, 1.165) is 17.1 Å². The van der Waals surface area contributed by atoms with E-state index in [1.165, 1.54) is 35.3 Å². The van der Waals surface area contributed by atoms with Gasteiger partial charge in [-0.05, 0) is 24.3 Å². The third kappa shape index (κ3) is 2.34. The van der Waals surface area contributed by atoms with Crippen molar-refractivity contribution in [2.24, 2.45) is 0 Å². The highest BCUT2D eigenvalue weighted by Crippen LogP contribution is 2.31. The smallest absolute Gasteiger partial charge is 0.335 e. The Morgan fingerprint density at radius 2 is 1.30 bits per heavy atom. The van der Waals surface area contributed by atoms with Crippen molar-refractivity contribution in [1.82, 2.24) is 0 Å². The van der Waals surface area contributed by atoms with E-state index in [4.69, 9.17) is 0 Å². The van der Waals surface area contributed by atoms with Crippen LogP contribution in [0.25, 0.3) is 0 Å². The zero-order chi connectivity index (χ0) is 16.7. The zero-order valence-electron chi connectivity index (χ0n) is 11.7. The summed E-state index contributed by atoms with van der Waals surface area (Å²) in [6.07, 6.45) is 4.97. The molecule has 2 aliphatic heterocycles. The summed E-state index contributed by atoms with van der Waals surface area (Å²) in [5.41, 5.74) is 0.498. The molecular weight excluding hydrogens is 300 g/mol. The van der Waals surface area contributed by atoms with Gasteiger partial charge in [0.15, 0.2) is 0 Å². The fraction of sp³-hybridized carbons (Fsp3) is 0. The molecule has 1 aromatic carbocycles. The number of nitrogens with zero attached hydrogens (tertiary/aromatic N) is 2. The summed E-state index contributed by atoms with van der Waals surface area (Å²) >= 11 is 0. The Morgan fingerprint density at radius 1 is 0.826 bits per heavy atom. The standard InChI is InChI=1S/C16H10N2O5/c1-9-2-3-13(19)17(9)11-6-10(16(22)23)7-12(8-11)18-14(20)4-5-15(18)21/h2-8H,1H2,(H,22,23). The van der Waals surface area contributed by atoms with E-state index in [1.807, 2.05) is 0 Å². The number of aromatic carboxylic acids is 1. The van der Waals surface area contributed by atoms with E-state index in [0.29, 0.717) is 5.70 Å². The molecule has 0 spiro atoms. The van der Waals surface area contributed by atoms with E-state index >= 15 is 0 Å². The number of benzene rings is 1. The Bertz CT molecular complexity index is 754. The van der Waals surface area contributed by atoms with Gasteiger partial charge in [0.25, 0.3) is 17.7 Å². The lowest BCUT2D eigenvalue weighted by atomic mass is 10.1. The Balaban J connectivity index is 2.13. The van der Waals surface area contributed by atoms with E-state index in [1.54, 1.807) is 0 Å². The fourth-order valence-electron chi connectivity index (χ4n) is 2.38. The first-order valence-corrected chi connectivity index (χ1v) is 6.54. The van der Waals surface area contributed by atoms with Crippen molar-refractivity contribution in [3.05, 3.63) is 60.3 Å². The molecule has 0 aliphatic carbocycles. The van der Waals surface area contributed by atoms with Gasteiger partial charge in [-0.25, -0.2) is 9.69 Å². The van der Waals surface area contributed by atoms with Gasteiger partial charge in [0, 0.05) is 23.9 Å². The Morgan fingerprint density at radius 3 is 1.78 bits per heavy atom. The number of carbonyl (C=O) groups excluding carboxylic acids is 3. The Kier molecular flexibility index (Phi) is 3.18. The summed E-state index contributed by atoms with van der Waals surface area (Å²) in [5.74, 6) is -2.78. The van der Waals surface area contributed by atoms with Gasteiger partial charge < -0.3 is 5.11 Å². The molecule has 114 valence electrons. The molecule has 1 N–H and O–H groups in total.